The fourth-order valence-electron chi connectivity index (χ4n) is 3.05. The van der Waals surface area contributed by atoms with Crippen molar-refractivity contribution in [1.82, 2.24) is 14.9 Å². The second kappa shape index (κ2) is 6.92. The van der Waals surface area contributed by atoms with E-state index in [4.69, 9.17) is 4.74 Å². The first-order valence-electron chi connectivity index (χ1n) is 8.08. The Kier molecular flexibility index (Phi) is 4.73. The molecule has 5 nitrogen and oxygen atoms in total. The summed E-state index contributed by atoms with van der Waals surface area (Å²) >= 11 is 0. The van der Waals surface area contributed by atoms with Gasteiger partial charge in [0.05, 0.1) is 30.3 Å². The summed E-state index contributed by atoms with van der Waals surface area (Å²) in [6, 6.07) is 8.19. The third-order valence-electron chi connectivity index (χ3n) is 4.18. The number of fused-ring (bicyclic) bond motifs is 1. The number of morpholine rings is 1. The second-order valence-electron chi connectivity index (χ2n) is 5.81. The number of nitrogens with zero attached hydrogens (tertiary/aromatic N) is 2. The Labute approximate surface area is 130 Å². The van der Waals surface area contributed by atoms with Gasteiger partial charge in [0.2, 0.25) is 5.91 Å². The molecule has 0 spiro atoms. The SMILES string of the molecule is CCC[C@@H]1COCCN1C(=O)CCc1nc2ccccc2[nH]1. The molecule has 1 aliphatic rings. The molecule has 1 atom stereocenters. The Morgan fingerprint density at radius 2 is 2.32 bits per heavy atom. The van der Waals surface area contributed by atoms with Crippen LogP contribution in [0.5, 0.6) is 0 Å². The summed E-state index contributed by atoms with van der Waals surface area (Å²) in [7, 11) is 0. The van der Waals surface area contributed by atoms with Crippen molar-refractivity contribution in [3.05, 3.63) is 30.1 Å². The molecule has 1 aromatic carbocycles. The lowest BCUT2D eigenvalue weighted by atomic mass is 10.1. The molecule has 1 N–H and O–H groups in total. The quantitative estimate of drug-likeness (QED) is 0.923. The number of amides is 1. The summed E-state index contributed by atoms with van der Waals surface area (Å²) in [6.07, 6.45) is 3.24. The van der Waals surface area contributed by atoms with E-state index in [0.717, 1.165) is 29.7 Å². The van der Waals surface area contributed by atoms with Crippen LogP contribution >= 0.6 is 0 Å². The highest BCUT2D eigenvalue weighted by Gasteiger charge is 2.26. The van der Waals surface area contributed by atoms with Crippen LogP contribution in [-0.2, 0) is 16.0 Å². The number of hydrogen-bond acceptors (Lipinski definition) is 3. The number of rotatable bonds is 5. The normalized spacial score (nSPS) is 18.8. The number of aryl methyl sites for hydroxylation is 1. The predicted molar refractivity (Wildman–Crippen MR) is 85.6 cm³/mol. The fraction of sp³-hybridized carbons (Fsp3) is 0.529. The van der Waals surface area contributed by atoms with Crippen LogP contribution in [0.1, 0.15) is 32.0 Å². The number of H-pyrrole nitrogens is 1. The number of para-hydroxylation sites is 2. The molecule has 5 heteroatoms. The van der Waals surface area contributed by atoms with E-state index in [1.807, 2.05) is 29.2 Å². The van der Waals surface area contributed by atoms with Crippen molar-refractivity contribution in [2.24, 2.45) is 0 Å². The lowest BCUT2D eigenvalue weighted by Crippen LogP contribution is -2.48. The van der Waals surface area contributed by atoms with Gasteiger partial charge in [-0.2, -0.15) is 0 Å². The summed E-state index contributed by atoms with van der Waals surface area (Å²) < 4.78 is 5.51. The molecule has 1 amide bonds. The van der Waals surface area contributed by atoms with Gasteiger partial charge in [0, 0.05) is 19.4 Å². The summed E-state index contributed by atoms with van der Waals surface area (Å²) in [5, 5.41) is 0. The molecule has 2 heterocycles. The van der Waals surface area contributed by atoms with E-state index in [2.05, 4.69) is 16.9 Å². The van der Waals surface area contributed by atoms with E-state index in [1.54, 1.807) is 0 Å². The molecule has 118 valence electrons. The molecule has 3 rings (SSSR count). The predicted octanol–water partition coefficient (Wildman–Crippen LogP) is 2.52. The summed E-state index contributed by atoms with van der Waals surface area (Å²) in [4.78, 5) is 22.3. The number of ether oxygens (including phenoxy) is 1. The van der Waals surface area contributed by atoms with Crippen LogP contribution in [0.15, 0.2) is 24.3 Å². The Morgan fingerprint density at radius 1 is 1.45 bits per heavy atom. The Hall–Kier alpha value is -1.88. The van der Waals surface area contributed by atoms with Gasteiger partial charge in [0.15, 0.2) is 0 Å². The largest absolute Gasteiger partial charge is 0.377 e. The molecule has 1 aliphatic heterocycles. The number of nitrogens with one attached hydrogen (secondary N) is 1. The average Bonchev–Trinajstić information content (AvgIpc) is 2.96. The monoisotopic (exact) mass is 301 g/mol. The van der Waals surface area contributed by atoms with Gasteiger partial charge in [-0.1, -0.05) is 25.5 Å². The highest BCUT2D eigenvalue weighted by atomic mass is 16.5. The third-order valence-corrected chi connectivity index (χ3v) is 4.18. The fourth-order valence-corrected chi connectivity index (χ4v) is 3.05. The number of hydrogen-bond donors (Lipinski definition) is 1. The van der Waals surface area contributed by atoms with Crippen LogP contribution in [0.2, 0.25) is 0 Å². The zero-order valence-electron chi connectivity index (χ0n) is 13.0. The first kappa shape index (κ1) is 15.0. The van der Waals surface area contributed by atoms with Crippen LogP contribution in [0, 0.1) is 0 Å². The highest BCUT2D eigenvalue weighted by molar-refractivity contribution is 5.77. The third kappa shape index (κ3) is 3.30. The first-order valence-corrected chi connectivity index (χ1v) is 8.08. The van der Waals surface area contributed by atoms with E-state index in [9.17, 15) is 4.79 Å². The molecule has 0 bridgehead atoms. The van der Waals surface area contributed by atoms with Crippen molar-refractivity contribution >= 4 is 16.9 Å². The Balaban J connectivity index is 1.61. The number of aromatic amines is 1. The molecule has 22 heavy (non-hydrogen) atoms. The van der Waals surface area contributed by atoms with Crippen molar-refractivity contribution < 1.29 is 9.53 Å². The highest BCUT2D eigenvalue weighted by Crippen LogP contribution is 2.16. The number of carbonyl (C=O) groups is 1. The maximum atomic E-state index is 12.5. The maximum absolute atomic E-state index is 12.5. The van der Waals surface area contributed by atoms with Gasteiger partial charge in [-0.05, 0) is 18.6 Å². The first-order chi connectivity index (χ1) is 10.8. The molecule has 0 radical (unpaired) electrons. The van der Waals surface area contributed by atoms with Gasteiger partial charge in [0.25, 0.3) is 0 Å². The van der Waals surface area contributed by atoms with E-state index in [-0.39, 0.29) is 11.9 Å². The van der Waals surface area contributed by atoms with Gasteiger partial charge in [0.1, 0.15) is 5.82 Å². The number of benzene rings is 1. The van der Waals surface area contributed by atoms with Gasteiger partial charge in [-0.3, -0.25) is 4.79 Å². The molecule has 1 fully saturated rings. The minimum Gasteiger partial charge on any atom is -0.377 e. The smallest absolute Gasteiger partial charge is 0.223 e. The number of carbonyl (C=O) groups excluding carboxylic acids is 1. The van der Waals surface area contributed by atoms with Crippen LogP contribution in [0.25, 0.3) is 11.0 Å². The zero-order chi connectivity index (χ0) is 15.4. The van der Waals surface area contributed by atoms with Crippen molar-refractivity contribution in [3.8, 4) is 0 Å². The van der Waals surface area contributed by atoms with E-state index >= 15 is 0 Å². The molecule has 1 aromatic heterocycles. The lowest BCUT2D eigenvalue weighted by Gasteiger charge is -2.35. The van der Waals surface area contributed by atoms with Gasteiger partial charge >= 0.3 is 0 Å². The van der Waals surface area contributed by atoms with Crippen molar-refractivity contribution in [2.75, 3.05) is 19.8 Å². The van der Waals surface area contributed by atoms with Crippen molar-refractivity contribution in [3.63, 3.8) is 0 Å². The van der Waals surface area contributed by atoms with Gasteiger partial charge < -0.3 is 14.6 Å². The second-order valence-corrected chi connectivity index (χ2v) is 5.81. The van der Waals surface area contributed by atoms with Crippen molar-refractivity contribution in [2.45, 2.75) is 38.6 Å². The van der Waals surface area contributed by atoms with Crippen LogP contribution in [0.3, 0.4) is 0 Å². The molecular weight excluding hydrogens is 278 g/mol. The molecule has 0 saturated carbocycles. The lowest BCUT2D eigenvalue weighted by molar-refractivity contribution is -0.140. The molecule has 0 aliphatic carbocycles. The van der Waals surface area contributed by atoms with Crippen LogP contribution < -0.4 is 0 Å². The maximum Gasteiger partial charge on any atom is 0.223 e. The molecule has 0 unspecified atom stereocenters. The number of imidazole rings is 1. The molecule has 1 saturated heterocycles. The van der Waals surface area contributed by atoms with Gasteiger partial charge in [-0.15, -0.1) is 0 Å². The number of aromatic nitrogens is 2. The van der Waals surface area contributed by atoms with Crippen molar-refractivity contribution in [1.29, 1.82) is 0 Å². The van der Waals surface area contributed by atoms with E-state index in [1.165, 1.54) is 0 Å². The van der Waals surface area contributed by atoms with Crippen LogP contribution in [-0.4, -0.2) is 46.6 Å². The van der Waals surface area contributed by atoms with E-state index < -0.39 is 0 Å². The standard InChI is InChI=1S/C17H23N3O2/c1-2-5-13-12-22-11-10-20(13)17(21)9-8-16-18-14-6-3-4-7-15(14)19-16/h3-4,6-7,13H,2,5,8-12H2,1H3,(H,18,19)/t13-/m1/s1. The topological polar surface area (TPSA) is 58.2 Å². The Morgan fingerprint density at radius 3 is 3.14 bits per heavy atom. The van der Waals surface area contributed by atoms with E-state index in [0.29, 0.717) is 32.6 Å². The minimum atomic E-state index is 0.210. The summed E-state index contributed by atoms with van der Waals surface area (Å²) in [5.41, 5.74) is 1.99. The average molecular weight is 301 g/mol. The summed E-state index contributed by atoms with van der Waals surface area (Å²) in [6.45, 7) is 4.18. The minimum absolute atomic E-state index is 0.210. The summed E-state index contributed by atoms with van der Waals surface area (Å²) in [5.74, 6) is 1.09. The van der Waals surface area contributed by atoms with Gasteiger partial charge in [-0.25, -0.2) is 4.98 Å². The molecule has 2 aromatic rings. The van der Waals surface area contributed by atoms with Crippen LogP contribution in [0.4, 0.5) is 0 Å². The molecular formula is C17H23N3O2. The Bertz CT molecular complexity index is 603. The zero-order valence-corrected chi connectivity index (χ0v) is 13.0.